The molecular formula is C14H26N2O2. The summed E-state index contributed by atoms with van der Waals surface area (Å²) < 4.78 is 5.68. The van der Waals surface area contributed by atoms with Gasteiger partial charge < -0.3 is 15.4 Å². The number of rotatable bonds is 5. The Hall–Kier alpha value is -0.610. The van der Waals surface area contributed by atoms with Crippen molar-refractivity contribution in [3.05, 3.63) is 0 Å². The maximum atomic E-state index is 12.4. The molecule has 4 nitrogen and oxygen atoms in total. The summed E-state index contributed by atoms with van der Waals surface area (Å²) in [6.07, 6.45) is 4.45. The Balaban J connectivity index is 1.88. The SMILES string of the molecule is C[C@H](OCC1CC1)C(=O)N1CCC[C@H](C)[C@H]1CN. The van der Waals surface area contributed by atoms with Gasteiger partial charge in [-0.15, -0.1) is 0 Å². The lowest BCUT2D eigenvalue weighted by molar-refractivity contribution is -0.147. The Bertz CT molecular complexity index is 292. The Morgan fingerprint density at radius 1 is 1.44 bits per heavy atom. The molecule has 1 saturated carbocycles. The van der Waals surface area contributed by atoms with Gasteiger partial charge in [-0.2, -0.15) is 0 Å². The molecule has 1 saturated heterocycles. The quantitative estimate of drug-likeness (QED) is 0.806. The van der Waals surface area contributed by atoms with E-state index < -0.39 is 0 Å². The molecule has 104 valence electrons. The van der Waals surface area contributed by atoms with E-state index in [2.05, 4.69) is 6.92 Å². The van der Waals surface area contributed by atoms with Gasteiger partial charge in [-0.05, 0) is 44.4 Å². The summed E-state index contributed by atoms with van der Waals surface area (Å²) in [7, 11) is 0. The van der Waals surface area contributed by atoms with Crippen LogP contribution in [-0.2, 0) is 9.53 Å². The molecule has 1 aliphatic heterocycles. The van der Waals surface area contributed by atoms with Crippen LogP contribution in [0.15, 0.2) is 0 Å². The zero-order chi connectivity index (χ0) is 13.1. The van der Waals surface area contributed by atoms with Crippen molar-refractivity contribution in [3.8, 4) is 0 Å². The molecule has 0 aromatic carbocycles. The maximum Gasteiger partial charge on any atom is 0.251 e. The molecule has 0 aromatic rings. The van der Waals surface area contributed by atoms with Crippen LogP contribution in [0.2, 0.25) is 0 Å². The second-order valence-electron chi connectivity index (χ2n) is 5.87. The van der Waals surface area contributed by atoms with E-state index >= 15 is 0 Å². The summed E-state index contributed by atoms with van der Waals surface area (Å²) in [5.41, 5.74) is 5.82. The minimum Gasteiger partial charge on any atom is -0.368 e. The van der Waals surface area contributed by atoms with Gasteiger partial charge in [0, 0.05) is 19.1 Å². The van der Waals surface area contributed by atoms with Crippen LogP contribution in [0.25, 0.3) is 0 Å². The van der Waals surface area contributed by atoms with Crippen molar-refractivity contribution in [1.29, 1.82) is 0 Å². The van der Waals surface area contributed by atoms with E-state index in [1.165, 1.54) is 19.3 Å². The van der Waals surface area contributed by atoms with Crippen LogP contribution in [0.1, 0.15) is 39.5 Å². The number of ether oxygens (including phenoxy) is 1. The number of amides is 1. The Labute approximate surface area is 110 Å². The lowest BCUT2D eigenvalue weighted by Crippen LogP contribution is -2.54. The molecule has 1 aliphatic carbocycles. The third kappa shape index (κ3) is 3.23. The van der Waals surface area contributed by atoms with E-state index in [4.69, 9.17) is 10.5 Å². The summed E-state index contributed by atoms with van der Waals surface area (Å²) >= 11 is 0. The molecule has 0 unspecified atom stereocenters. The van der Waals surface area contributed by atoms with E-state index in [1.54, 1.807) is 0 Å². The molecule has 2 aliphatic rings. The first-order chi connectivity index (χ1) is 8.63. The highest BCUT2D eigenvalue weighted by Crippen LogP contribution is 2.29. The molecule has 4 heteroatoms. The molecule has 0 aromatic heterocycles. The second-order valence-corrected chi connectivity index (χ2v) is 5.87. The zero-order valence-electron chi connectivity index (χ0n) is 11.6. The summed E-state index contributed by atoms with van der Waals surface area (Å²) in [5, 5.41) is 0. The fraction of sp³-hybridized carbons (Fsp3) is 0.929. The van der Waals surface area contributed by atoms with E-state index in [0.29, 0.717) is 18.4 Å². The number of carbonyl (C=O) groups excluding carboxylic acids is 1. The van der Waals surface area contributed by atoms with Crippen LogP contribution >= 0.6 is 0 Å². The fourth-order valence-electron chi connectivity index (χ4n) is 2.75. The first-order valence-corrected chi connectivity index (χ1v) is 7.25. The highest BCUT2D eigenvalue weighted by Gasteiger charge is 2.33. The second kappa shape index (κ2) is 6.02. The highest BCUT2D eigenvalue weighted by atomic mass is 16.5. The Morgan fingerprint density at radius 2 is 2.17 bits per heavy atom. The van der Waals surface area contributed by atoms with Crippen molar-refractivity contribution in [1.82, 2.24) is 4.90 Å². The molecule has 2 N–H and O–H groups in total. The lowest BCUT2D eigenvalue weighted by atomic mass is 9.90. The predicted molar refractivity (Wildman–Crippen MR) is 71.1 cm³/mol. The fourth-order valence-corrected chi connectivity index (χ4v) is 2.75. The number of hydrogen-bond acceptors (Lipinski definition) is 3. The molecule has 2 fully saturated rings. The van der Waals surface area contributed by atoms with Gasteiger partial charge in [-0.1, -0.05) is 6.92 Å². The molecule has 2 rings (SSSR count). The minimum absolute atomic E-state index is 0.123. The summed E-state index contributed by atoms with van der Waals surface area (Å²) in [6.45, 7) is 6.19. The maximum absolute atomic E-state index is 12.4. The Morgan fingerprint density at radius 3 is 2.78 bits per heavy atom. The number of nitrogens with zero attached hydrogens (tertiary/aromatic N) is 1. The van der Waals surface area contributed by atoms with Crippen molar-refractivity contribution < 1.29 is 9.53 Å². The number of carbonyl (C=O) groups is 1. The van der Waals surface area contributed by atoms with Gasteiger partial charge >= 0.3 is 0 Å². The van der Waals surface area contributed by atoms with E-state index in [0.717, 1.165) is 19.6 Å². The van der Waals surface area contributed by atoms with Gasteiger partial charge in [0.25, 0.3) is 5.91 Å². The standard InChI is InChI=1S/C14H26N2O2/c1-10-4-3-7-16(13(10)8-15)14(17)11(2)18-9-12-5-6-12/h10-13H,3-9,15H2,1-2H3/t10-,11-,13+/m0/s1. The van der Waals surface area contributed by atoms with Crippen LogP contribution in [0.5, 0.6) is 0 Å². The van der Waals surface area contributed by atoms with Crippen molar-refractivity contribution in [2.24, 2.45) is 17.6 Å². The number of piperidine rings is 1. The molecule has 0 radical (unpaired) electrons. The smallest absolute Gasteiger partial charge is 0.251 e. The molecule has 3 atom stereocenters. The van der Waals surface area contributed by atoms with Crippen LogP contribution in [0.3, 0.4) is 0 Å². The number of hydrogen-bond donors (Lipinski definition) is 1. The summed E-state index contributed by atoms with van der Waals surface area (Å²) in [4.78, 5) is 14.3. The van der Waals surface area contributed by atoms with E-state index in [-0.39, 0.29) is 18.1 Å². The lowest BCUT2D eigenvalue weighted by Gasteiger charge is -2.40. The topological polar surface area (TPSA) is 55.6 Å². The predicted octanol–water partition coefficient (Wildman–Crippen LogP) is 1.39. The van der Waals surface area contributed by atoms with Gasteiger partial charge in [-0.25, -0.2) is 0 Å². The third-order valence-electron chi connectivity index (χ3n) is 4.27. The van der Waals surface area contributed by atoms with Crippen LogP contribution in [0.4, 0.5) is 0 Å². The van der Waals surface area contributed by atoms with Gasteiger partial charge in [0.15, 0.2) is 0 Å². The Kier molecular flexibility index (Phi) is 4.62. The van der Waals surface area contributed by atoms with Crippen molar-refractivity contribution in [3.63, 3.8) is 0 Å². The molecule has 0 spiro atoms. The largest absolute Gasteiger partial charge is 0.368 e. The van der Waals surface area contributed by atoms with Crippen LogP contribution in [-0.4, -0.2) is 42.6 Å². The van der Waals surface area contributed by atoms with Crippen molar-refractivity contribution >= 4 is 5.91 Å². The van der Waals surface area contributed by atoms with Crippen molar-refractivity contribution in [2.75, 3.05) is 19.7 Å². The third-order valence-corrected chi connectivity index (χ3v) is 4.27. The normalized spacial score (nSPS) is 30.3. The van der Waals surface area contributed by atoms with Crippen LogP contribution in [0, 0.1) is 11.8 Å². The molecule has 1 amide bonds. The summed E-state index contributed by atoms with van der Waals surface area (Å²) in [5.74, 6) is 1.33. The van der Waals surface area contributed by atoms with Gasteiger partial charge in [0.1, 0.15) is 6.10 Å². The first kappa shape index (κ1) is 13.8. The van der Waals surface area contributed by atoms with Gasteiger partial charge in [0.2, 0.25) is 0 Å². The number of likely N-dealkylation sites (tertiary alicyclic amines) is 1. The molecule has 18 heavy (non-hydrogen) atoms. The molecule has 0 bridgehead atoms. The first-order valence-electron chi connectivity index (χ1n) is 7.25. The average molecular weight is 254 g/mol. The van der Waals surface area contributed by atoms with Gasteiger partial charge in [-0.3, -0.25) is 4.79 Å². The van der Waals surface area contributed by atoms with Gasteiger partial charge in [0.05, 0.1) is 6.61 Å². The molecule has 1 heterocycles. The average Bonchev–Trinajstić information content (AvgIpc) is 3.18. The van der Waals surface area contributed by atoms with Crippen molar-refractivity contribution in [2.45, 2.75) is 51.7 Å². The zero-order valence-corrected chi connectivity index (χ0v) is 11.6. The monoisotopic (exact) mass is 254 g/mol. The highest BCUT2D eigenvalue weighted by molar-refractivity contribution is 5.81. The minimum atomic E-state index is -0.315. The molecular weight excluding hydrogens is 228 g/mol. The van der Waals surface area contributed by atoms with E-state index in [1.807, 2.05) is 11.8 Å². The number of nitrogens with two attached hydrogens (primary N) is 1. The van der Waals surface area contributed by atoms with E-state index in [9.17, 15) is 4.79 Å². The summed E-state index contributed by atoms with van der Waals surface area (Å²) in [6, 6.07) is 0.193. The van der Waals surface area contributed by atoms with Crippen LogP contribution < -0.4 is 5.73 Å².